The van der Waals surface area contributed by atoms with Crippen LogP contribution in [0, 0.1) is 13.8 Å². The second-order valence-electron chi connectivity index (χ2n) is 5.69. The summed E-state index contributed by atoms with van der Waals surface area (Å²) in [5, 5.41) is 0. The Morgan fingerprint density at radius 1 is 1.18 bits per heavy atom. The molecular weight excluding hydrogens is 349 g/mol. The van der Waals surface area contributed by atoms with Crippen LogP contribution in [0.25, 0.3) is 0 Å². The van der Waals surface area contributed by atoms with Crippen molar-refractivity contribution in [2.75, 3.05) is 0 Å². The second-order valence-corrected chi connectivity index (χ2v) is 5.69. The molecule has 0 saturated heterocycles. The van der Waals surface area contributed by atoms with Gasteiger partial charge in [0.1, 0.15) is 0 Å². The van der Waals surface area contributed by atoms with Crippen LogP contribution in [0.3, 0.4) is 0 Å². The molecule has 2 aromatic rings. The van der Waals surface area contributed by atoms with Crippen molar-refractivity contribution in [3.8, 4) is 0 Å². The molecule has 4 heteroatoms. The summed E-state index contributed by atoms with van der Waals surface area (Å²) in [5.41, 5.74) is 3.58. The van der Waals surface area contributed by atoms with Gasteiger partial charge >= 0.3 is 0 Å². The van der Waals surface area contributed by atoms with Crippen molar-refractivity contribution in [2.24, 2.45) is 0 Å². The van der Waals surface area contributed by atoms with Gasteiger partial charge in [-0.25, -0.2) is 0 Å². The van der Waals surface area contributed by atoms with Crippen molar-refractivity contribution in [2.45, 2.75) is 53.1 Å². The second kappa shape index (κ2) is 9.37. The summed E-state index contributed by atoms with van der Waals surface area (Å²) >= 11 is 0. The van der Waals surface area contributed by atoms with Crippen molar-refractivity contribution in [3.63, 3.8) is 0 Å². The molecule has 22 heavy (non-hydrogen) atoms. The average molecular weight is 374 g/mol. The molecule has 1 radical (unpaired) electrons. The van der Waals surface area contributed by atoms with Crippen LogP contribution in [0.4, 0.5) is 0 Å². The van der Waals surface area contributed by atoms with E-state index in [4.69, 9.17) is 0 Å². The summed E-state index contributed by atoms with van der Waals surface area (Å²) in [5.74, 6) is 0.258. The van der Waals surface area contributed by atoms with Crippen molar-refractivity contribution in [1.82, 2.24) is 4.68 Å². The van der Waals surface area contributed by atoms with E-state index >= 15 is 0 Å². The molecule has 0 unspecified atom stereocenters. The molecule has 0 fully saturated rings. The zero-order chi connectivity index (χ0) is 15.2. The number of carbonyl (C=O) groups is 1. The van der Waals surface area contributed by atoms with Crippen LogP contribution in [0.5, 0.6) is 0 Å². The Morgan fingerprint density at radius 2 is 1.86 bits per heavy atom. The number of Topliss-reactive ketones (excluding diaryl/α,β-unsaturated/α-hetero) is 1. The van der Waals surface area contributed by atoms with Crippen LogP contribution < -0.4 is 4.68 Å². The van der Waals surface area contributed by atoms with Gasteiger partial charge in [0.05, 0.1) is 12.7 Å². The Morgan fingerprint density at radius 3 is 2.50 bits per heavy atom. The molecule has 0 aliphatic rings. The van der Waals surface area contributed by atoms with Gasteiger partial charge in [-0.1, -0.05) is 31.5 Å². The monoisotopic (exact) mass is 374 g/mol. The first-order chi connectivity index (χ1) is 10.1. The van der Waals surface area contributed by atoms with Gasteiger partial charge in [0.2, 0.25) is 12.3 Å². The Balaban J connectivity index is 0.00000242. The van der Waals surface area contributed by atoms with E-state index in [0.717, 1.165) is 19.4 Å². The third-order valence-corrected chi connectivity index (χ3v) is 3.94. The first kappa shape index (κ1) is 19.3. The predicted molar refractivity (Wildman–Crippen MR) is 84.2 cm³/mol. The molecule has 0 atom stereocenters. The normalized spacial score (nSPS) is 10.3. The molecule has 115 valence electrons. The zero-order valence-corrected chi connectivity index (χ0v) is 16.7. The van der Waals surface area contributed by atoms with Crippen LogP contribution in [0.1, 0.15) is 36.5 Å². The summed E-state index contributed by atoms with van der Waals surface area (Å²) in [4.78, 5) is 12.4. The molecular formula is C18H25N2OY+. The fourth-order valence-electron chi connectivity index (χ4n) is 2.64. The molecule has 1 aromatic carbocycles. The van der Waals surface area contributed by atoms with Crippen LogP contribution in [0.15, 0.2) is 36.7 Å². The number of aryl methyl sites for hydroxylation is 3. The van der Waals surface area contributed by atoms with Gasteiger partial charge in [0.15, 0.2) is 6.20 Å². The number of benzene rings is 1. The van der Waals surface area contributed by atoms with E-state index < -0.39 is 0 Å². The number of nitrogens with zero attached hydrogens (tertiary/aromatic N) is 2. The van der Waals surface area contributed by atoms with Crippen molar-refractivity contribution in [3.05, 3.63) is 53.3 Å². The molecule has 0 saturated carbocycles. The Bertz CT molecular complexity index is 599. The Labute approximate surface area is 158 Å². The summed E-state index contributed by atoms with van der Waals surface area (Å²) in [6.45, 7) is 7.75. The third-order valence-electron chi connectivity index (χ3n) is 3.94. The van der Waals surface area contributed by atoms with Gasteiger partial charge in [0.25, 0.3) is 0 Å². The van der Waals surface area contributed by atoms with Crippen molar-refractivity contribution in [1.29, 1.82) is 0 Å². The van der Waals surface area contributed by atoms with E-state index in [2.05, 4.69) is 37.6 Å². The van der Waals surface area contributed by atoms with E-state index in [1.807, 2.05) is 29.2 Å². The minimum atomic E-state index is 0. The number of hydrogen-bond donors (Lipinski definition) is 0. The minimum absolute atomic E-state index is 0. The van der Waals surface area contributed by atoms with E-state index in [0.29, 0.717) is 13.0 Å². The first-order valence-corrected chi connectivity index (χ1v) is 7.73. The van der Waals surface area contributed by atoms with E-state index in [1.165, 1.54) is 16.7 Å². The number of hydrogen-bond acceptors (Lipinski definition) is 1. The smallest absolute Gasteiger partial charge is 0.230 e. The molecule has 0 aliphatic carbocycles. The van der Waals surface area contributed by atoms with Crippen LogP contribution in [0.2, 0.25) is 0 Å². The molecule has 1 heterocycles. The maximum absolute atomic E-state index is 12.4. The Kier molecular flexibility index (Phi) is 8.20. The van der Waals surface area contributed by atoms with E-state index in [-0.39, 0.29) is 38.5 Å². The van der Waals surface area contributed by atoms with Crippen LogP contribution in [-0.2, 0) is 57.0 Å². The molecule has 0 amide bonds. The predicted octanol–water partition coefficient (Wildman–Crippen LogP) is 3.00. The first-order valence-electron chi connectivity index (χ1n) is 7.73. The third kappa shape index (κ3) is 5.13. The average Bonchev–Trinajstić information content (AvgIpc) is 2.88. The number of unbranched alkanes of at least 4 members (excludes halogenated alkanes) is 1. The van der Waals surface area contributed by atoms with Crippen molar-refractivity contribution >= 4 is 5.78 Å². The SMILES string of the molecule is CCCCn1ccc[n+]1CC(=O)Cc1c(C)cccc1C.[Y]. The van der Waals surface area contributed by atoms with E-state index in [1.54, 1.807) is 0 Å². The number of aromatic nitrogens is 2. The van der Waals surface area contributed by atoms with Crippen molar-refractivity contribution < 1.29 is 42.2 Å². The summed E-state index contributed by atoms with van der Waals surface area (Å²) in [6.07, 6.45) is 6.85. The number of ketones is 1. The number of carbonyl (C=O) groups excluding carboxylic acids is 1. The van der Waals surface area contributed by atoms with Crippen LogP contribution in [-0.4, -0.2) is 10.5 Å². The molecule has 0 spiro atoms. The largest absolute Gasteiger partial charge is 0.292 e. The minimum Gasteiger partial charge on any atom is -0.292 e. The molecule has 0 N–H and O–H groups in total. The quantitative estimate of drug-likeness (QED) is 0.685. The van der Waals surface area contributed by atoms with E-state index in [9.17, 15) is 4.79 Å². The zero-order valence-electron chi connectivity index (χ0n) is 13.9. The molecule has 2 rings (SSSR count). The van der Waals surface area contributed by atoms with Gasteiger partial charge in [-0.15, -0.1) is 4.68 Å². The fourth-order valence-corrected chi connectivity index (χ4v) is 2.64. The topological polar surface area (TPSA) is 25.9 Å². The standard InChI is InChI=1S/C18H25N2O.Y/c1-4-5-10-19-11-7-12-20(19)14-17(21)13-18-15(2)8-6-9-16(18)3;/h6-9,11-12H,4-5,10,13-14H2,1-3H3;/q+1;. The van der Waals surface area contributed by atoms with Gasteiger partial charge in [-0.05, 0) is 37.0 Å². The summed E-state index contributed by atoms with van der Waals surface area (Å²) in [6, 6.07) is 8.20. The fraction of sp³-hybridized carbons (Fsp3) is 0.444. The Hall–Kier alpha value is -0.796. The molecule has 1 aromatic heterocycles. The molecule has 0 aliphatic heterocycles. The molecule has 3 nitrogen and oxygen atoms in total. The maximum atomic E-state index is 12.4. The maximum Gasteiger partial charge on any atom is 0.230 e. The summed E-state index contributed by atoms with van der Waals surface area (Å²) < 4.78 is 4.15. The number of rotatable bonds is 7. The van der Waals surface area contributed by atoms with Gasteiger partial charge < -0.3 is 0 Å². The molecule has 0 bridgehead atoms. The van der Waals surface area contributed by atoms with Gasteiger partial charge in [0, 0.05) is 45.2 Å². The van der Waals surface area contributed by atoms with Gasteiger partial charge in [-0.2, -0.15) is 4.68 Å². The van der Waals surface area contributed by atoms with Crippen LogP contribution >= 0.6 is 0 Å². The summed E-state index contributed by atoms with van der Waals surface area (Å²) in [7, 11) is 0. The van der Waals surface area contributed by atoms with Gasteiger partial charge in [-0.3, -0.25) is 4.79 Å².